The maximum atomic E-state index is 11.5. The first-order valence-electron chi connectivity index (χ1n) is 6.41. The number of nitrogens with zero attached hydrogens (tertiary/aromatic N) is 5. The molecule has 0 saturated heterocycles. The number of benzene rings is 1. The molecule has 0 fully saturated rings. The number of halogens is 2. The van der Waals surface area contributed by atoms with E-state index in [0.29, 0.717) is 21.6 Å². The van der Waals surface area contributed by atoms with Crippen molar-refractivity contribution in [3.8, 4) is 0 Å². The quantitative estimate of drug-likeness (QED) is 0.643. The standard InChI is InChI=1S/C13H13Cl2N7O/c1-17-13(23)21-12(16)22(5-10-19-6-18-7-20-10)11-8(14)3-2-4-9(11)15/h2-4,6-7H,5H2,1H3,(H3,16,17,21,23). The SMILES string of the molecule is CNC(=O)N=C(N)N(Cc1ncncn1)c1c(Cl)cccc1Cl. The van der Waals surface area contributed by atoms with Gasteiger partial charge in [0.15, 0.2) is 5.82 Å². The second kappa shape index (κ2) is 7.70. The van der Waals surface area contributed by atoms with E-state index in [0.717, 1.165) is 0 Å². The molecule has 10 heteroatoms. The Morgan fingerprint density at radius 3 is 2.48 bits per heavy atom. The number of rotatable bonds is 3. The van der Waals surface area contributed by atoms with Gasteiger partial charge >= 0.3 is 6.03 Å². The van der Waals surface area contributed by atoms with Gasteiger partial charge in [0.2, 0.25) is 5.96 Å². The minimum Gasteiger partial charge on any atom is -0.369 e. The van der Waals surface area contributed by atoms with Crippen LogP contribution in [0.15, 0.2) is 35.8 Å². The monoisotopic (exact) mass is 353 g/mol. The van der Waals surface area contributed by atoms with Crippen LogP contribution in [-0.2, 0) is 6.54 Å². The van der Waals surface area contributed by atoms with Gasteiger partial charge in [-0.2, -0.15) is 4.99 Å². The molecule has 1 aromatic carbocycles. The molecule has 8 nitrogen and oxygen atoms in total. The van der Waals surface area contributed by atoms with Crippen molar-refractivity contribution >= 4 is 40.9 Å². The van der Waals surface area contributed by atoms with Crippen molar-refractivity contribution in [2.45, 2.75) is 6.54 Å². The van der Waals surface area contributed by atoms with E-state index in [1.54, 1.807) is 18.2 Å². The highest BCUT2D eigenvalue weighted by Crippen LogP contribution is 2.34. The molecular formula is C13H13Cl2N7O. The number of hydrogen-bond donors (Lipinski definition) is 2. The molecule has 0 aliphatic heterocycles. The van der Waals surface area contributed by atoms with Gasteiger partial charge in [-0.25, -0.2) is 19.7 Å². The molecule has 0 bridgehead atoms. The van der Waals surface area contributed by atoms with Gasteiger partial charge in [-0.1, -0.05) is 29.3 Å². The first kappa shape index (κ1) is 16.9. The van der Waals surface area contributed by atoms with Gasteiger partial charge in [-0.3, -0.25) is 0 Å². The Morgan fingerprint density at radius 2 is 1.91 bits per heavy atom. The normalized spacial score (nSPS) is 11.2. The number of carbonyl (C=O) groups excluding carboxylic acids is 1. The summed E-state index contributed by atoms with van der Waals surface area (Å²) in [5.41, 5.74) is 6.34. The highest BCUT2D eigenvalue weighted by Gasteiger charge is 2.20. The molecule has 3 N–H and O–H groups in total. The predicted molar refractivity (Wildman–Crippen MR) is 88.6 cm³/mol. The van der Waals surface area contributed by atoms with Crippen molar-refractivity contribution < 1.29 is 4.79 Å². The highest BCUT2D eigenvalue weighted by molar-refractivity contribution is 6.40. The first-order valence-corrected chi connectivity index (χ1v) is 7.16. The summed E-state index contributed by atoms with van der Waals surface area (Å²) in [5.74, 6) is 0.311. The summed E-state index contributed by atoms with van der Waals surface area (Å²) in [6, 6.07) is 4.39. The van der Waals surface area contributed by atoms with E-state index < -0.39 is 6.03 Å². The van der Waals surface area contributed by atoms with Gasteiger partial charge in [0, 0.05) is 7.05 Å². The number of carbonyl (C=O) groups is 1. The topological polar surface area (TPSA) is 109 Å². The van der Waals surface area contributed by atoms with Crippen molar-refractivity contribution in [2.24, 2.45) is 10.7 Å². The van der Waals surface area contributed by atoms with E-state index in [9.17, 15) is 4.79 Å². The Hall–Kier alpha value is -2.45. The third kappa shape index (κ3) is 4.27. The first-order chi connectivity index (χ1) is 11.0. The van der Waals surface area contributed by atoms with Gasteiger partial charge in [-0.15, -0.1) is 0 Å². The fourth-order valence-electron chi connectivity index (χ4n) is 1.73. The van der Waals surface area contributed by atoms with E-state index in [2.05, 4.69) is 25.3 Å². The average molecular weight is 354 g/mol. The highest BCUT2D eigenvalue weighted by atomic mass is 35.5. The van der Waals surface area contributed by atoms with Crippen LogP contribution >= 0.6 is 23.2 Å². The van der Waals surface area contributed by atoms with Crippen LogP contribution in [-0.4, -0.2) is 34.0 Å². The lowest BCUT2D eigenvalue weighted by atomic mass is 10.3. The number of aliphatic imine (C=N–C) groups is 1. The van der Waals surface area contributed by atoms with Crippen molar-refractivity contribution in [1.82, 2.24) is 20.3 Å². The largest absolute Gasteiger partial charge is 0.369 e. The van der Waals surface area contributed by atoms with Crippen molar-refractivity contribution in [3.63, 3.8) is 0 Å². The maximum Gasteiger partial charge on any atom is 0.343 e. The smallest absolute Gasteiger partial charge is 0.343 e. The van der Waals surface area contributed by atoms with Gasteiger partial charge in [0.05, 0.1) is 22.3 Å². The molecule has 2 amide bonds. The molecule has 0 unspecified atom stereocenters. The van der Waals surface area contributed by atoms with Crippen molar-refractivity contribution in [1.29, 1.82) is 0 Å². The van der Waals surface area contributed by atoms with Crippen LogP contribution in [0.2, 0.25) is 10.0 Å². The zero-order chi connectivity index (χ0) is 16.8. The number of urea groups is 1. The van der Waals surface area contributed by atoms with Gasteiger partial charge < -0.3 is 16.0 Å². The Morgan fingerprint density at radius 1 is 1.30 bits per heavy atom. The summed E-state index contributed by atoms with van der Waals surface area (Å²) in [7, 11) is 1.44. The molecule has 120 valence electrons. The van der Waals surface area contributed by atoms with Gasteiger partial charge in [0.1, 0.15) is 12.7 Å². The molecule has 23 heavy (non-hydrogen) atoms. The van der Waals surface area contributed by atoms with Crippen LogP contribution in [0.1, 0.15) is 5.82 Å². The minimum atomic E-state index is -0.605. The molecule has 0 atom stereocenters. The summed E-state index contributed by atoms with van der Waals surface area (Å²) in [6.07, 6.45) is 2.70. The van der Waals surface area contributed by atoms with E-state index in [1.165, 1.54) is 24.6 Å². The molecule has 0 saturated carbocycles. The van der Waals surface area contributed by atoms with Crippen LogP contribution in [0.4, 0.5) is 10.5 Å². The molecule has 1 heterocycles. The molecule has 0 spiro atoms. The molecule has 1 aromatic heterocycles. The van der Waals surface area contributed by atoms with Gasteiger partial charge in [-0.05, 0) is 12.1 Å². The lowest BCUT2D eigenvalue weighted by Crippen LogP contribution is -2.39. The molecule has 0 aliphatic rings. The second-order valence-electron chi connectivity index (χ2n) is 4.24. The number of nitrogens with one attached hydrogen (secondary N) is 1. The lowest BCUT2D eigenvalue weighted by Gasteiger charge is -2.24. The van der Waals surface area contributed by atoms with E-state index in [1.807, 2.05) is 0 Å². The van der Waals surface area contributed by atoms with Crippen molar-refractivity contribution in [2.75, 3.05) is 11.9 Å². The van der Waals surface area contributed by atoms with Crippen LogP contribution in [0.5, 0.6) is 0 Å². The number of aromatic nitrogens is 3. The Bertz CT molecular complexity index is 703. The number of guanidine groups is 1. The Balaban J connectivity index is 2.47. The van der Waals surface area contributed by atoms with Crippen LogP contribution in [0.3, 0.4) is 0 Å². The molecule has 0 aliphatic carbocycles. The number of anilines is 1. The summed E-state index contributed by atoms with van der Waals surface area (Å²) in [6.45, 7) is 0.109. The average Bonchev–Trinajstić information content (AvgIpc) is 2.54. The fourth-order valence-corrected chi connectivity index (χ4v) is 2.33. The van der Waals surface area contributed by atoms with Crippen LogP contribution in [0.25, 0.3) is 0 Å². The second-order valence-corrected chi connectivity index (χ2v) is 5.05. The van der Waals surface area contributed by atoms with Crippen LogP contribution < -0.4 is 16.0 Å². The number of amides is 2. The van der Waals surface area contributed by atoms with E-state index >= 15 is 0 Å². The summed E-state index contributed by atoms with van der Waals surface area (Å²) < 4.78 is 0. The molecule has 0 radical (unpaired) electrons. The fraction of sp³-hybridized carbons (Fsp3) is 0.154. The number of hydrogen-bond acceptors (Lipinski definition) is 4. The molecule has 2 aromatic rings. The third-order valence-electron chi connectivity index (χ3n) is 2.76. The lowest BCUT2D eigenvalue weighted by molar-refractivity contribution is 0.251. The zero-order valence-electron chi connectivity index (χ0n) is 12.1. The third-order valence-corrected chi connectivity index (χ3v) is 3.37. The summed E-state index contributed by atoms with van der Waals surface area (Å²) in [4.78, 5) is 28.5. The van der Waals surface area contributed by atoms with E-state index in [-0.39, 0.29) is 12.5 Å². The number of para-hydroxylation sites is 1. The van der Waals surface area contributed by atoms with Crippen LogP contribution in [0, 0.1) is 0 Å². The predicted octanol–water partition coefficient (Wildman–Crippen LogP) is 1.84. The van der Waals surface area contributed by atoms with Gasteiger partial charge in [0.25, 0.3) is 0 Å². The number of nitrogens with two attached hydrogens (primary N) is 1. The molecular weight excluding hydrogens is 341 g/mol. The molecule has 2 rings (SSSR count). The summed E-state index contributed by atoms with van der Waals surface area (Å²) in [5, 5.41) is 3.05. The maximum absolute atomic E-state index is 11.5. The zero-order valence-corrected chi connectivity index (χ0v) is 13.6. The van der Waals surface area contributed by atoms with Crippen molar-refractivity contribution in [3.05, 3.63) is 46.7 Å². The Labute approximate surface area is 142 Å². The summed E-state index contributed by atoms with van der Waals surface area (Å²) >= 11 is 12.4. The Kier molecular flexibility index (Phi) is 5.67. The minimum absolute atomic E-state index is 0.0974. The van der Waals surface area contributed by atoms with E-state index in [4.69, 9.17) is 28.9 Å².